The van der Waals surface area contributed by atoms with Crippen LogP contribution in [0.5, 0.6) is 0 Å². The summed E-state index contributed by atoms with van der Waals surface area (Å²) in [6.07, 6.45) is 3.64. The van der Waals surface area contributed by atoms with Crippen molar-refractivity contribution in [2.24, 2.45) is 16.7 Å². The van der Waals surface area contributed by atoms with E-state index in [0.717, 1.165) is 36.8 Å². The molecule has 0 radical (unpaired) electrons. The second kappa shape index (κ2) is 9.02. The third-order valence-corrected chi connectivity index (χ3v) is 8.50. The van der Waals surface area contributed by atoms with Crippen LogP contribution in [0.25, 0.3) is 11.1 Å². The monoisotopic (exact) mass is 476 g/mol. The Hall–Kier alpha value is -3.35. The van der Waals surface area contributed by atoms with Gasteiger partial charge in [0.1, 0.15) is 6.61 Å². The molecular formula is C28H32N2O5. The second-order valence-electron chi connectivity index (χ2n) is 10.2. The lowest BCUT2D eigenvalue weighted by Crippen LogP contribution is -2.46. The Bertz CT molecular complexity index is 1110. The molecule has 2 saturated carbocycles. The number of hydrogen-bond acceptors (Lipinski definition) is 4. The van der Waals surface area contributed by atoms with E-state index in [2.05, 4.69) is 34.9 Å². The predicted octanol–water partition coefficient (Wildman–Crippen LogP) is 4.31. The number of aliphatic carboxylic acids is 1. The first kappa shape index (κ1) is 23.4. The van der Waals surface area contributed by atoms with Gasteiger partial charge in [-0.05, 0) is 53.4 Å². The van der Waals surface area contributed by atoms with Crippen molar-refractivity contribution in [2.75, 3.05) is 19.7 Å². The maximum atomic E-state index is 13.1. The summed E-state index contributed by atoms with van der Waals surface area (Å²) in [4.78, 5) is 37.2. The van der Waals surface area contributed by atoms with Crippen molar-refractivity contribution < 1.29 is 24.2 Å². The van der Waals surface area contributed by atoms with E-state index in [0.29, 0.717) is 6.42 Å². The largest absolute Gasteiger partial charge is 0.481 e. The van der Waals surface area contributed by atoms with Gasteiger partial charge in [-0.25, -0.2) is 4.79 Å². The number of hydrogen-bond donors (Lipinski definition) is 3. The van der Waals surface area contributed by atoms with Crippen molar-refractivity contribution in [1.29, 1.82) is 0 Å². The summed E-state index contributed by atoms with van der Waals surface area (Å²) in [5.74, 6) is -1.70. The third kappa shape index (κ3) is 3.97. The minimum Gasteiger partial charge on any atom is -0.481 e. The highest BCUT2D eigenvalue weighted by Crippen LogP contribution is 2.73. The first-order valence-corrected chi connectivity index (χ1v) is 12.5. The van der Waals surface area contributed by atoms with Crippen LogP contribution in [-0.4, -0.2) is 42.8 Å². The number of carbonyl (C=O) groups is 3. The molecule has 2 atom stereocenters. The van der Waals surface area contributed by atoms with Crippen LogP contribution in [0.15, 0.2) is 48.5 Å². The van der Waals surface area contributed by atoms with Gasteiger partial charge in [0.15, 0.2) is 0 Å². The van der Waals surface area contributed by atoms with Gasteiger partial charge in [0.25, 0.3) is 0 Å². The average molecular weight is 477 g/mol. The molecule has 2 amide bonds. The Morgan fingerprint density at radius 3 is 2.17 bits per heavy atom. The summed E-state index contributed by atoms with van der Waals surface area (Å²) >= 11 is 0. The Balaban J connectivity index is 1.20. The number of benzene rings is 2. The van der Waals surface area contributed by atoms with Crippen molar-refractivity contribution in [3.05, 3.63) is 59.7 Å². The molecule has 35 heavy (non-hydrogen) atoms. The van der Waals surface area contributed by atoms with E-state index >= 15 is 0 Å². The Morgan fingerprint density at radius 1 is 1.03 bits per heavy atom. The minimum absolute atomic E-state index is 0.0219. The highest BCUT2D eigenvalue weighted by atomic mass is 16.5. The summed E-state index contributed by atoms with van der Waals surface area (Å²) in [5, 5.41) is 15.0. The maximum absolute atomic E-state index is 13.1. The number of ether oxygens (including phenoxy) is 1. The summed E-state index contributed by atoms with van der Waals surface area (Å²) in [6, 6.07) is 16.4. The maximum Gasteiger partial charge on any atom is 0.407 e. The molecule has 2 aromatic rings. The molecule has 0 saturated heterocycles. The van der Waals surface area contributed by atoms with Gasteiger partial charge in [-0.1, -0.05) is 61.9 Å². The quantitative estimate of drug-likeness (QED) is 0.500. The topological polar surface area (TPSA) is 105 Å². The van der Waals surface area contributed by atoms with Crippen molar-refractivity contribution in [2.45, 2.75) is 44.9 Å². The third-order valence-electron chi connectivity index (χ3n) is 8.50. The summed E-state index contributed by atoms with van der Waals surface area (Å²) in [6.45, 7) is 2.33. The zero-order valence-electron chi connectivity index (χ0n) is 20.0. The molecule has 2 aromatic carbocycles. The van der Waals surface area contributed by atoms with E-state index < -0.39 is 23.4 Å². The van der Waals surface area contributed by atoms with Crippen LogP contribution in [0.2, 0.25) is 0 Å². The van der Waals surface area contributed by atoms with Crippen LogP contribution in [0.1, 0.15) is 56.1 Å². The summed E-state index contributed by atoms with van der Waals surface area (Å²) in [7, 11) is 0. The van der Waals surface area contributed by atoms with Gasteiger partial charge in [0.2, 0.25) is 5.91 Å². The van der Waals surface area contributed by atoms with Crippen LogP contribution in [-0.2, 0) is 14.3 Å². The first-order valence-electron chi connectivity index (χ1n) is 12.5. The van der Waals surface area contributed by atoms with Crippen LogP contribution in [0.4, 0.5) is 4.79 Å². The number of carboxylic acids is 1. The number of rotatable bonds is 9. The molecule has 3 N–H and O–H groups in total. The molecule has 7 nitrogen and oxygen atoms in total. The number of amides is 2. The lowest BCUT2D eigenvalue weighted by Gasteiger charge is -2.32. The van der Waals surface area contributed by atoms with Gasteiger partial charge < -0.3 is 20.5 Å². The molecule has 0 bridgehead atoms. The van der Waals surface area contributed by atoms with Crippen LogP contribution in [0, 0.1) is 16.7 Å². The molecule has 5 rings (SSSR count). The Kier molecular flexibility index (Phi) is 6.03. The van der Waals surface area contributed by atoms with Gasteiger partial charge in [-0.2, -0.15) is 0 Å². The molecule has 2 unspecified atom stereocenters. The summed E-state index contributed by atoms with van der Waals surface area (Å²) < 4.78 is 5.65. The van der Waals surface area contributed by atoms with Crippen LogP contribution in [0.3, 0.4) is 0 Å². The van der Waals surface area contributed by atoms with Crippen molar-refractivity contribution in [3.8, 4) is 11.1 Å². The predicted molar refractivity (Wildman–Crippen MR) is 131 cm³/mol. The molecule has 1 spiro atoms. The molecule has 3 aliphatic carbocycles. The van der Waals surface area contributed by atoms with E-state index in [1.54, 1.807) is 6.92 Å². The average Bonchev–Trinajstić information content (AvgIpc) is 3.46. The smallest absolute Gasteiger partial charge is 0.407 e. The number of carboxylic acid groups (broad SMARTS) is 1. The van der Waals surface area contributed by atoms with E-state index in [1.165, 1.54) is 11.1 Å². The Morgan fingerprint density at radius 2 is 1.66 bits per heavy atom. The van der Waals surface area contributed by atoms with Gasteiger partial charge in [0.05, 0.1) is 11.3 Å². The van der Waals surface area contributed by atoms with Crippen molar-refractivity contribution >= 4 is 18.0 Å². The van der Waals surface area contributed by atoms with Crippen molar-refractivity contribution in [3.63, 3.8) is 0 Å². The van der Waals surface area contributed by atoms with E-state index in [-0.39, 0.29) is 36.9 Å². The molecule has 184 valence electrons. The lowest BCUT2D eigenvalue weighted by atomic mass is 9.74. The fourth-order valence-corrected chi connectivity index (χ4v) is 6.11. The fourth-order valence-electron chi connectivity index (χ4n) is 6.11. The zero-order valence-corrected chi connectivity index (χ0v) is 20.0. The second-order valence-corrected chi connectivity index (χ2v) is 10.2. The van der Waals surface area contributed by atoms with Gasteiger partial charge in [-0.15, -0.1) is 0 Å². The highest BCUT2D eigenvalue weighted by molar-refractivity contribution is 5.89. The van der Waals surface area contributed by atoms with Gasteiger partial charge >= 0.3 is 12.1 Å². The Labute approximate surface area is 205 Å². The molecule has 0 heterocycles. The van der Waals surface area contributed by atoms with E-state index in [1.807, 2.05) is 24.3 Å². The van der Waals surface area contributed by atoms with Gasteiger partial charge in [-0.3, -0.25) is 9.59 Å². The molecule has 0 aliphatic heterocycles. The van der Waals surface area contributed by atoms with Crippen molar-refractivity contribution in [1.82, 2.24) is 10.6 Å². The number of carbonyl (C=O) groups excluding carboxylic acids is 2. The SMILES string of the molecule is CCC(CNC(=O)C1(CNC(=O)OCC2c3ccccc3-c3ccccc32)CC12CCC2)C(=O)O. The fraction of sp³-hybridized carbons (Fsp3) is 0.464. The van der Waals surface area contributed by atoms with E-state index in [9.17, 15) is 19.5 Å². The molecule has 7 heteroatoms. The first-order chi connectivity index (χ1) is 16.9. The van der Waals surface area contributed by atoms with Crippen LogP contribution < -0.4 is 10.6 Å². The highest BCUT2D eigenvalue weighted by Gasteiger charge is 2.73. The normalized spacial score (nSPS) is 21.9. The van der Waals surface area contributed by atoms with Gasteiger partial charge in [0, 0.05) is 19.0 Å². The molecule has 2 fully saturated rings. The van der Waals surface area contributed by atoms with Crippen LogP contribution >= 0.6 is 0 Å². The summed E-state index contributed by atoms with van der Waals surface area (Å²) in [5.41, 5.74) is 3.90. The molecular weight excluding hydrogens is 444 g/mol. The molecule has 3 aliphatic rings. The van der Waals surface area contributed by atoms with E-state index in [4.69, 9.17) is 4.74 Å². The number of nitrogens with one attached hydrogen (secondary N) is 2. The molecule has 0 aromatic heterocycles. The number of alkyl carbamates (subject to hydrolysis) is 1. The number of fused-ring (bicyclic) bond motifs is 3. The zero-order chi connectivity index (χ0) is 24.6. The lowest BCUT2D eigenvalue weighted by molar-refractivity contribution is -0.142. The standard InChI is InChI=1S/C28H32N2O5/c1-2-18(24(31)32)14-29-25(33)28(16-27(28)12-7-13-27)17-30-26(34)35-15-23-21-10-5-3-8-19(21)20-9-4-6-11-22(20)23/h3-6,8-11,18,23H,2,7,12-17H2,1H3,(H,29,33)(H,30,34)(H,31,32). The minimum atomic E-state index is -0.909.